The summed E-state index contributed by atoms with van der Waals surface area (Å²) in [4.78, 5) is 40.5. The molecule has 0 bridgehead atoms. The zero-order chi connectivity index (χ0) is 22.4. The van der Waals surface area contributed by atoms with Crippen LogP contribution in [0.1, 0.15) is 43.8 Å². The Balaban J connectivity index is 1.70. The highest BCUT2D eigenvalue weighted by Gasteiger charge is 2.17. The normalized spacial score (nSPS) is 10.4. The smallest absolute Gasteiger partial charge is 0.291 e. The highest BCUT2D eigenvalue weighted by molar-refractivity contribution is 6.03. The van der Waals surface area contributed by atoms with Crippen molar-refractivity contribution in [1.82, 2.24) is 9.80 Å². The number of nitrogens with zero attached hydrogens (tertiary/aromatic N) is 2. The molecule has 0 saturated carbocycles. The molecule has 7 nitrogen and oxygen atoms in total. The summed E-state index contributed by atoms with van der Waals surface area (Å²) in [6.45, 7) is 2.83. The number of nitrogens with one attached hydrogen (secondary N) is 1. The van der Waals surface area contributed by atoms with E-state index in [9.17, 15) is 14.4 Å². The molecule has 0 aliphatic heterocycles. The highest BCUT2D eigenvalue weighted by Crippen LogP contribution is 2.16. The number of rotatable bonds is 7. The minimum atomic E-state index is -0.380. The SMILES string of the molecule is CCN(Cc1ccc(C(=O)N(C)C)cc1)C(=O)c1cccc(NC(=O)c2ccco2)c1. The summed E-state index contributed by atoms with van der Waals surface area (Å²) in [5, 5.41) is 2.73. The van der Waals surface area contributed by atoms with Crippen molar-refractivity contribution >= 4 is 23.4 Å². The summed E-state index contributed by atoms with van der Waals surface area (Å²) in [5.41, 5.74) is 2.50. The lowest BCUT2D eigenvalue weighted by Crippen LogP contribution is -2.30. The van der Waals surface area contributed by atoms with Crippen LogP contribution in [-0.4, -0.2) is 48.2 Å². The fourth-order valence-electron chi connectivity index (χ4n) is 3.07. The molecule has 1 N–H and O–H groups in total. The number of benzene rings is 2. The quantitative estimate of drug-likeness (QED) is 0.630. The van der Waals surface area contributed by atoms with E-state index in [1.807, 2.05) is 19.1 Å². The predicted octanol–water partition coefficient (Wildman–Crippen LogP) is 3.90. The maximum atomic E-state index is 13.0. The van der Waals surface area contributed by atoms with Gasteiger partial charge in [0.25, 0.3) is 17.7 Å². The molecule has 2 aromatic carbocycles. The van der Waals surface area contributed by atoms with E-state index in [0.29, 0.717) is 29.9 Å². The van der Waals surface area contributed by atoms with Gasteiger partial charge >= 0.3 is 0 Å². The number of anilines is 1. The van der Waals surface area contributed by atoms with Crippen LogP contribution in [-0.2, 0) is 6.54 Å². The maximum absolute atomic E-state index is 13.0. The van der Waals surface area contributed by atoms with Gasteiger partial charge in [-0.2, -0.15) is 0 Å². The Morgan fingerprint density at radius 2 is 1.65 bits per heavy atom. The molecule has 3 aromatic rings. The highest BCUT2D eigenvalue weighted by atomic mass is 16.3. The topological polar surface area (TPSA) is 82.9 Å². The first-order valence-corrected chi connectivity index (χ1v) is 9.94. The lowest BCUT2D eigenvalue weighted by Gasteiger charge is -2.21. The van der Waals surface area contributed by atoms with Gasteiger partial charge in [-0.3, -0.25) is 14.4 Å². The molecule has 0 saturated heterocycles. The van der Waals surface area contributed by atoms with E-state index in [2.05, 4.69) is 5.32 Å². The van der Waals surface area contributed by atoms with Crippen LogP contribution in [0.5, 0.6) is 0 Å². The van der Waals surface area contributed by atoms with Crippen LogP contribution in [0, 0.1) is 0 Å². The van der Waals surface area contributed by atoms with Gasteiger partial charge in [-0.05, 0) is 55.0 Å². The number of amides is 3. The summed E-state index contributed by atoms with van der Waals surface area (Å²) in [7, 11) is 3.41. The second-order valence-corrected chi connectivity index (χ2v) is 7.23. The molecule has 0 fully saturated rings. The van der Waals surface area contributed by atoms with E-state index in [1.165, 1.54) is 11.2 Å². The lowest BCUT2D eigenvalue weighted by molar-refractivity contribution is 0.0751. The minimum absolute atomic E-state index is 0.0663. The molecule has 0 spiro atoms. The number of hydrogen-bond acceptors (Lipinski definition) is 4. The van der Waals surface area contributed by atoms with Crippen molar-refractivity contribution in [3.8, 4) is 0 Å². The Morgan fingerprint density at radius 3 is 2.26 bits per heavy atom. The van der Waals surface area contributed by atoms with Crippen LogP contribution in [0.4, 0.5) is 5.69 Å². The zero-order valence-corrected chi connectivity index (χ0v) is 17.8. The van der Waals surface area contributed by atoms with Crippen LogP contribution in [0.15, 0.2) is 71.3 Å². The first kappa shape index (κ1) is 21.8. The van der Waals surface area contributed by atoms with Gasteiger partial charge in [0, 0.05) is 44.0 Å². The Hall–Kier alpha value is -3.87. The average Bonchev–Trinajstić information content (AvgIpc) is 3.32. The van der Waals surface area contributed by atoms with Gasteiger partial charge in [0.05, 0.1) is 6.26 Å². The van der Waals surface area contributed by atoms with E-state index in [0.717, 1.165) is 5.56 Å². The van der Waals surface area contributed by atoms with Crippen LogP contribution < -0.4 is 5.32 Å². The van der Waals surface area contributed by atoms with Gasteiger partial charge < -0.3 is 19.5 Å². The predicted molar refractivity (Wildman–Crippen MR) is 118 cm³/mol. The number of carbonyl (C=O) groups excluding carboxylic acids is 3. The van der Waals surface area contributed by atoms with Crippen LogP contribution >= 0.6 is 0 Å². The number of carbonyl (C=O) groups is 3. The molecule has 0 atom stereocenters. The van der Waals surface area contributed by atoms with Gasteiger partial charge in [0.2, 0.25) is 0 Å². The molecular formula is C24H25N3O4. The van der Waals surface area contributed by atoms with E-state index in [-0.39, 0.29) is 23.5 Å². The molecule has 0 unspecified atom stereocenters. The molecule has 160 valence electrons. The summed E-state index contributed by atoms with van der Waals surface area (Å²) in [6, 6.07) is 17.2. The van der Waals surface area contributed by atoms with E-state index in [1.54, 1.807) is 67.5 Å². The van der Waals surface area contributed by atoms with Crippen molar-refractivity contribution in [3.05, 3.63) is 89.4 Å². The van der Waals surface area contributed by atoms with E-state index < -0.39 is 0 Å². The maximum Gasteiger partial charge on any atom is 0.291 e. The molecule has 31 heavy (non-hydrogen) atoms. The third-order valence-corrected chi connectivity index (χ3v) is 4.76. The molecule has 1 heterocycles. The van der Waals surface area contributed by atoms with E-state index >= 15 is 0 Å². The fraction of sp³-hybridized carbons (Fsp3) is 0.208. The Morgan fingerprint density at radius 1 is 0.903 bits per heavy atom. The first-order valence-electron chi connectivity index (χ1n) is 9.94. The van der Waals surface area contributed by atoms with Gasteiger partial charge in [-0.25, -0.2) is 0 Å². The van der Waals surface area contributed by atoms with Crippen molar-refractivity contribution < 1.29 is 18.8 Å². The Labute approximate surface area is 181 Å². The Kier molecular flexibility index (Phi) is 6.87. The first-order chi connectivity index (χ1) is 14.9. The molecule has 0 aliphatic rings. The van der Waals surface area contributed by atoms with Crippen molar-refractivity contribution in [2.45, 2.75) is 13.5 Å². The minimum Gasteiger partial charge on any atom is -0.459 e. The van der Waals surface area contributed by atoms with Crippen LogP contribution in [0.3, 0.4) is 0 Å². The third kappa shape index (κ3) is 5.39. The fourth-order valence-corrected chi connectivity index (χ4v) is 3.07. The number of furan rings is 1. The molecule has 0 radical (unpaired) electrons. The van der Waals surface area contributed by atoms with Gasteiger partial charge in [0.15, 0.2) is 5.76 Å². The average molecular weight is 419 g/mol. The van der Waals surface area contributed by atoms with Crippen LogP contribution in [0.25, 0.3) is 0 Å². The second kappa shape index (κ2) is 9.75. The third-order valence-electron chi connectivity index (χ3n) is 4.76. The second-order valence-electron chi connectivity index (χ2n) is 7.23. The van der Waals surface area contributed by atoms with Crippen LogP contribution in [0.2, 0.25) is 0 Å². The van der Waals surface area contributed by atoms with Crippen molar-refractivity contribution in [2.75, 3.05) is 26.0 Å². The molecule has 3 rings (SSSR count). The molecule has 0 aliphatic carbocycles. The largest absolute Gasteiger partial charge is 0.459 e. The molecule has 1 aromatic heterocycles. The molecular weight excluding hydrogens is 394 g/mol. The number of hydrogen-bond donors (Lipinski definition) is 1. The summed E-state index contributed by atoms with van der Waals surface area (Å²) >= 11 is 0. The lowest BCUT2D eigenvalue weighted by atomic mass is 10.1. The van der Waals surface area contributed by atoms with Crippen molar-refractivity contribution in [3.63, 3.8) is 0 Å². The van der Waals surface area contributed by atoms with Gasteiger partial charge in [-0.1, -0.05) is 18.2 Å². The molecule has 7 heteroatoms. The summed E-state index contributed by atoms with van der Waals surface area (Å²) < 4.78 is 5.09. The summed E-state index contributed by atoms with van der Waals surface area (Å²) in [6.07, 6.45) is 1.43. The monoisotopic (exact) mass is 419 g/mol. The summed E-state index contributed by atoms with van der Waals surface area (Å²) in [5.74, 6) is -0.397. The Bertz CT molecular complexity index is 1060. The molecule has 3 amide bonds. The van der Waals surface area contributed by atoms with Gasteiger partial charge in [0.1, 0.15) is 0 Å². The van der Waals surface area contributed by atoms with E-state index in [4.69, 9.17) is 4.42 Å². The zero-order valence-electron chi connectivity index (χ0n) is 17.8. The van der Waals surface area contributed by atoms with Gasteiger partial charge in [-0.15, -0.1) is 0 Å². The van der Waals surface area contributed by atoms with Crippen molar-refractivity contribution in [2.24, 2.45) is 0 Å². The van der Waals surface area contributed by atoms with Crippen molar-refractivity contribution in [1.29, 1.82) is 0 Å². The standard InChI is InChI=1S/C24H25N3O4/c1-4-27(16-17-10-12-18(13-11-17)23(29)26(2)3)24(30)19-7-5-8-20(15-19)25-22(28)21-9-6-14-31-21/h5-15H,4,16H2,1-3H3,(H,25,28).